The number of rotatable bonds is 8. The van der Waals surface area contributed by atoms with Crippen molar-refractivity contribution in [3.8, 4) is 11.5 Å². The third kappa shape index (κ3) is 4.47. The Hall–Kier alpha value is -3.33. The molecular weight excluding hydrogens is 430 g/mol. The topological polar surface area (TPSA) is 102 Å². The lowest BCUT2D eigenvalue weighted by Gasteiger charge is -2.20. The van der Waals surface area contributed by atoms with Crippen molar-refractivity contribution < 1.29 is 9.21 Å². The van der Waals surface area contributed by atoms with Crippen LogP contribution in [0.4, 0.5) is 0 Å². The molecule has 0 N–H and O–H groups in total. The Morgan fingerprint density at radius 1 is 1.22 bits per heavy atom. The monoisotopic (exact) mass is 453 g/mol. The van der Waals surface area contributed by atoms with Crippen LogP contribution in [0, 0.1) is 13.8 Å². The summed E-state index contributed by atoms with van der Waals surface area (Å²) in [4.78, 5) is 23.4. The molecular formula is C22H24ClN7O2. The van der Waals surface area contributed by atoms with Gasteiger partial charge in [-0.3, -0.25) is 4.79 Å². The van der Waals surface area contributed by atoms with Gasteiger partial charge >= 0.3 is 0 Å². The van der Waals surface area contributed by atoms with E-state index in [1.807, 2.05) is 39.0 Å². The van der Waals surface area contributed by atoms with E-state index in [2.05, 4.69) is 25.3 Å². The SMILES string of the molecule is CCCN(Cc1nnc(-c2ccccc2Cl)o1)C(=O)CCc1c(C)nc2ncnn2c1C. The highest BCUT2D eigenvalue weighted by Gasteiger charge is 2.20. The third-order valence-corrected chi connectivity index (χ3v) is 5.65. The molecule has 4 aromatic rings. The molecule has 32 heavy (non-hydrogen) atoms. The molecule has 0 bridgehead atoms. The number of benzene rings is 1. The number of halogens is 1. The number of carbonyl (C=O) groups is 1. The molecule has 0 aliphatic carbocycles. The van der Waals surface area contributed by atoms with E-state index in [0.29, 0.717) is 47.5 Å². The first-order chi connectivity index (χ1) is 15.5. The molecule has 1 amide bonds. The van der Waals surface area contributed by atoms with Gasteiger partial charge in [0, 0.05) is 24.4 Å². The van der Waals surface area contributed by atoms with Crippen molar-refractivity contribution in [3.63, 3.8) is 0 Å². The summed E-state index contributed by atoms with van der Waals surface area (Å²) in [5, 5.41) is 13.0. The van der Waals surface area contributed by atoms with E-state index in [4.69, 9.17) is 16.0 Å². The Morgan fingerprint density at radius 2 is 2.03 bits per heavy atom. The minimum atomic E-state index is 0.0156. The Morgan fingerprint density at radius 3 is 2.81 bits per heavy atom. The summed E-state index contributed by atoms with van der Waals surface area (Å²) in [6.45, 7) is 6.78. The maximum atomic E-state index is 13.0. The van der Waals surface area contributed by atoms with Gasteiger partial charge in [0.1, 0.15) is 6.33 Å². The molecule has 0 fully saturated rings. The van der Waals surface area contributed by atoms with Crippen LogP contribution >= 0.6 is 11.6 Å². The fraction of sp³-hybridized carbons (Fsp3) is 0.364. The van der Waals surface area contributed by atoms with Crippen molar-refractivity contribution in [2.45, 2.75) is 46.6 Å². The first kappa shape index (κ1) is 21.9. The lowest BCUT2D eigenvalue weighted by Crippen LogP contribution is -2.31. The van der Waals surface area contributed by atoms with Gasteiger partial charge in [-0.25, -0.2) is 9.50 Å². The van der Waals surface area contributed by atoms with E-state index >= 15 is 0 Å². The molecule has 3 heterocycles. The number of fused-ring (bicyclic) bond motifs is 1. The minimum absolute atomic E-state index is 0.0156. The fourth-order valence-electron chi connectivity index (χ4n) is 3.69. The van der Waals surface area contributed by atoms with Crippen LogP contribution in [0.25, 0.3) is 17.2 Å². The first-order valence-electron chi connectivity index (χ1n) is 10.5. The van der Waals surface area contributed by atoms with Crippen LogP contribution in [-0.4, -0.2) is 47.1 Å². The highest BCUT2D eigenvalue weighted by Crippen LogP contribution is 2.26. The van der Waals surface area contributed by atoms with E-state index in [9.17, 15) is 4.79 Å². The van der Waals surface area contributed by atoms with Crippen molar-refractivity contribution in [2.24, 2.45) is 0 Å². The van der Waals surface area contributed by atoms with Crippen LogP contribution in [0.3, 0.4) is 0 Å². The van der Waals surface area contributed by atoms with E-state index in [-0.39, 0.29) is 12.5 Å². The highest BCUT2D eigenvalue weighted by molar-refractivity contribution is 6.33. The molecule has 0 atom stereocenters. The molecule has 0 aliphatic heterocycles. The van der Waals surface area contributed by atoms with Gasteiger partial charge in [-0.05, 0) is 44.4 Å². The molecule has 0 saturated carbocycles. The average molecular weight is 454 g/mol. The number of carbonyl (C=O) groups excluding carboxylic acids is 1. The number of amides is 1. The predicted octanol–water partition coefficient (Wildman–Crippen LogP) is 3.82. The third-order valence-electron chi connectivity index (χ3n) is 5.32. The second-order valence-corrected chi connectivity index (χ2v) is 7.94. The number of nitrogens with zero attached hydrogens (tertiary/aromatic N) is 7. The standard InChI is InChI=1S/C22H24ClN7O2/c1-4-11-29(12-19-27-28-21(32-19)17-7-5-6-8-18(17)23)20(31)10-9-16-14(2)26-22-24-13-25-30(22)15(16)3/h5-8,13H,4,9-12H2,1-3H3. The van der Waals surface area contributed by atoms with Gasteiger partial charge in [0.15, 0.2) is 0 Å². The van der Waals surface area contributed by atoms with Crippen molar-refractivity contribution in [1.29, 1.82) is 0 Å². The number of hydrogen-bond acceptors (Lipinski definition) is 7. The van der Waals surface area contributed by atoms with Crippen LogP contribution in [0.1, 0.15) is 42.6 Å². The summed E-state index contributed by atoms with van der Waals surface area (Å²) in [6, 6.07) is 7.28. The molecule has 1 aromatic carbocycles. The lowest BCUT2D eigenvalue weighted by molar-refractivity contribution is -0.132. The summed E-state index contributed by atoms with van der Waals surface area (Å²) in [6.07, 6.45) is 3.21. The van der Waals surface area contributed by atoms with Gasteiger partial charge in [0.05, 0.1) is 17.1 Å². The molecule has 166 valence electrons. The van der Waals surface area contributed by atoms with Crippen LogP contribution in [0.2, 0.25) is 5.02 Å². The average Bonchev–Trinajstić information content (AvgIpc) is 3.43. The largest absolute Gasteiger partial charge is 0.419 e. The van der Waals surface area contributed by atoms with Gasteiger partial charge in [0.25, 0.3) is 5.78 Å². The van der Waals surface area contributed by atoms with Crippen LogP contribution < -0.4 is 0 Å². The zero-order chi connectivity index (χ0) is 22.7. The normalized spacial score (nSPS) is 11.2. The molecule has 4 rings (SSSR count). The Kier molecular flexibility index (Phi) is 6.45. The molecule has 0 aliphatic rings. The minimum Gasteiger partial charge on any atom is -0.419 e. The van der Waals surface area contributed by atoms with E-state index in [0.717, 1.165) is 23.4 Å². The summed E-state index contributed by atoms with van der Waals surface area (Å²) < 4.78 is 7.49. The van der Waals surface area contributed by atoms with Gasteiger partial charge in [-0.1, -0.05) is 30.7 Å². The van der Waals surface area contributed by atoms with Crippen molar-refractivity contribution >= 4 is 23.3 Å². The second-order valence-electron chi connectivity index (χ2n) is 7.53. The van der Waals surface area contributed by atoms with Crippen molar-refractivity contribution in [2.75, 3.05) is 6.54 Å². The Labute approximate surface area is 190 Å². The Balaban J connectivity index is 1.46. The van der Waals surface area contributed by atoms with E-state index < -0.39 is 0 Å². The van der Waals surface area contributed by atoms with Crippen molar-refractivity contribution in [3.05, 3.63) is 58.5 Å². The molecule has 3 aromatic heterocycles. The molecule has 0 spiro atoms. The first-order valence-corrected chi connectivity index (χ1v) is 10.9. The maximum absolute atomic E-state index is 13.0. The zero-order valence-electron chi connectivity index (χ0n) is 18.2. The summed E-state index contributed by atoms with van der Waals surface area (Å²) in [7, 11) is 0. The zero-order valence-corrected chi connectivity index (χ0v) is 19.0. The lowest BCUT2D eigenvalue weighted by atomic mass is 10.1. The maximum Gasteiger partial charge on any atom is 0.252 e. The van der Waals surface area contributed by atoms with Gasteiger partial charge in [-0.15, -0.1) is 10.2 Å². The number of hydrogen-bond donors (Lipinski definition) is 0. The molecule has 9 nitrogen and oxygen atoms in total. The Bertz CT molecular complexity index is 1250. The molecule has 0 saturated heterocycles. The van der Waals surface area contributed by atoms with Gasteiger partial charge in [0.2, 0.25) is 17.7 Å². The fourth-order valence-corrected chi connectivity index (χ4v) is 3.91. The molecule has 10 heteroatoms. The molecule has 0 unspecified atom stereocenters. The summed E-state index contributed by atoms with van der Waals surface area (Å²) >= 11 is 6.22. The predicted molar refractivity (Wildman–Crippen MR) is 119 cm³/mol. The van der Waals surface area contributed by atoms with E-state index in [1.54, 1.807) is 15.5 Å². The summed E-state index contributed by atoms with van der Waals surface area (Å²) in [5.74, 6) is 1.29. The van der Waals surface area contributed by atoms with Gasteiger partial charge < -0.3 is 9.32 Å². The van der Waals surface area contributed by atoms with Gasteiger partial charge in [-0.2, -0.15) is 10.1 Å². The second kappa shape index (κ2) is 9.44. The van der Waals surface area contributed by atoms with Crippen molar-refractivity contribution in [1.82, 2.24) is 34.7 Å². The van der Waals surface area contributed by atoms with Crippen LogP contribution in [-0.2, 0) is 17.8 Å². The number of aromatic nitrogens is 6. The van der Waals surface area contributed by atoms with Crippen LogP contribution in [0.15, 0.2) is 35.0 Å². The van der Waals surface area contributed by atoms with Crippen LogP contribution in [0.5, 0.6) is 0 Å². The molecule has 0 radical (unpaired) electrons. The number of aryl methyl sites for hydroxylation is 2. The quantitative estimate of drug-likeness (QED) is 0.399. The summed E-state index contributed by atoms with van der Waals surface area (Å²) in [5.41, 5.74) is 3.48. The highest BCUT2D eigenvalue weighted by atomic mass is 35.5. The van der Waals surface area contributed by atoms with E-state index in [1.165, 1.54) is 6.33 Å². The smallest absolute Gasteiger partial charge is 0.252 e.